The van der Waals surface area contributed by atoms with Crippen molar-refractivity contribution < 1.29 is 4.79 Å². The molecule has 2 amide bonds. The number of hydrogen-bond acceptors (Lipinski definition) is 3. The fraction of sp³-hybridized carbons (Fsp3) is 0.273. The van der Waals surface area contributed by atoms with Crippen molar-refractivity contribution in [1.29, 1.82) is 0 Å². The predicted molar refractivity (Wildman–Crippen MR) is 123 cm³/mol. The number of nitrogens with zero attached hydrogens (tertiary/aromatic N) is 1. The van der Waals surface area contributed by atoms with Gasteiger partial charge in [-0.1, -0.05) is 33.6 Å². The molecule has 3 N–H and O–H groups in total. The third kappa shape index (κ3) is 5.19. The van der Waals surface area contributed by atoms with Gasteiger partial charge in [0.05, 0.1) is 5.52 Å². The molecule has 2 aromatic carbocycles. The molecule has 3 aromatic rings. The first-order valence-corrected chi connectivity index (χ1v) is 10.9. The summed E-state index contributed by atoms with van der Waals surface area (Å²) in [4.78, 5) is 16.7. The summed E-state index contributed by atoms with van der Waals surface area (Å²) in [7, 11) is 0. The van der Waals surface area contributed by atoms with Crippen LogP contribution in [0.2, 0.25) is 5.02 Å². The Morgan fingerprint density at radius 3 is 2.62 bits per heavy atom. The number of amides is 2. The number of rotatable bonds is 4. The highest BCUT2D eigenvalue weighted by atomic mass is 79.9. The number of pyridine rings is 1. The van der Waals surface area contributed by atoms with Crippen LogP contribution in [-0.4, -0.2) is 23.1 Å². The first-order valence-electron chi connectivity index (χ1n) is 9.71. The molecule has 150 valence electrons. The molecule has 29 heavy (non-hydrogen) atoms. The number of aromatic nitrogens is 1. The van der Waals surface area contributed by atoms with Crippen LogP contribution in [0.4, 0.5) is 16.2 Å². The second kappa shape index (κ2) is 9.01. The van der Waals surface area contributed by atoms with Gasteiger partial charge in [0.2, 0.25) is 0 Å². The fourth-order valence-electron chi connectivity index (χ4n) is 3.77. The number of hydrogen-bond donors (Lipinski definition) is 3. The number of fused-ring (bicyclic) bond motifs is 1. The monoisotopic (exact) mass is 472 g/mol. The molecule has 0 atom stereocenters. The molecule has 5 nitrogen and oxygen atoms in total. The summed E-state index contributed by atoms with van der Waals surface area (Å²) in [5.74, 6) is 0. The lowest BCUT2D eigenvalue weighted by molar-refractivity contribution is 0.243. The number of urea groups is 1. The van der Waals surface area contributed by atoms with Crippen molar-refractivity contribution in [3.8, 4) is 0 Å². The van der Waals surface area contributed by atoms with Crippen molar-refractivity contribution in [2.45, 2.75) is 37.8 Å². The van der Waals surface area contributed by atoms with E-state index in [0.29, 0.717) is 11.1 Å². The van der Waals surface area contributed by atoms with E-state index in [0.717, 1.165) is 52.4 Å². The number of anilines is 2. The van der Waals surface area contributed by atoms with Gasteiger partial charge in [-0.2, -0.15) is 0 Å². The molecule has 7 heteroatoms. The zero-order valence-electron chi connectivity index (χ0n) is 15.8. The van der Waals surface area contributed by atoms with E-state index < -0.39 is 0 Å². The smallest absolute Gasteiger partial charge is 0.319 e. The lowest BCUT2D eigenvalue weighted by Gasteiger charge is -2.30. The van der Waals surface area contributed by atoms with Crippen LogP contribution < -0.4 is 16.0 Å². The lowest BCUT2D eigenvalue weighted by Crippen LogP contribution is -2.42. The van der Waals surface area contributed by atoms with Crippen LogP contribution in [-0.2, 0) is 0 Å². The number of halogens is 2. The van der Waals surface area contributed by atoms with Crippen molar-refractivity contribution >= 4 is 55.8 Å². The Kier molecular flexibility index (Phi) is 6.21. The Bertz CT molecular complexity index is 1020. The second-order valence-electron chi connectivity index (χ2n) is 7.32. The average molecular weight is 474 g/mol. The normalized spacial score (nSPS) is 19.0. The minimum Gasteiger partial charge on any atom is -0.382 e. The minimum atomic E-state index is -0.156. The van der Waals surface area contributed by atoms with Gasteiger partial charge in [0.1, 0.15) is 0 Å². The average Bonchev–Trinajstić information content (AvgIpc) is 2.69. The van der Waals surface area contributed by atoms with E-state index in [2.05, 4.69) is 36.9 Å². The van der Waals surface area contributed by atoms with Crippen molar-refractivity contribution in [3.05, 3.63) is 64.2 Å². The lowest BCUT2D eigenvalue weighted by atomic mass is 9.91. The summed E-state index contributed by atoms with van der Waals surface area (Å²) in [6, 6.07) is 15.8. The van der Waals surface area contributed by atoms with Gasteiger partial charge in [0.15, 0.2) is 0 Å². The van der Waals surface area contributed by atoms with E-state index in [-0.39, 0.29) is 12.1 Å². The Morgan fingerprint density at radius 1 is 1.03 bits per heavy atom. The number of carbonyl (C=O) groups excluding carboxylic acids is 1. The van der Waals surface area contributed by atoms with Gasteiger partial charge in [-0.25, -0.2) is 4.79 Å². The first-order chi connectivity index (χ1) is 14.1. The van der Waals surface area contributed by atoms with E-state index in [1.165, 1.54) is 0 Å². The maximum atomic E-state index is 12.3. The molecule has 1 aromatic heterocycles. The van der Waals surface area contributed by atoms with Crippen LogP contribution in [0, 0.1) is 0 Å². The molecular weight excluding hydrogens is 452 g/mol. The summed E-state index contributed by atoms with van der Waals surface area (Å²) in [6.45, 7) is 0. The molecule has 1 aliphatic carbocycles. The molecule has 1 fully saturated rings. The molecule has 4 rings (SSSR count). The highest BCUT2D eigenvalue weighted by molar-refractivity contribution is 9.10. The summed E-state index contributed by atoms with van der Waals surface area (Å²) >= 11 is 9.49. The third-order valence-corrected chi connectivity index (χ3v) is 5.94. The molecule has 0 unspecified atom stereocenters. The van der Waals surface area contributed by atoms with Gasteiger partial charge in [0.25, 0.3) is 0 Å². The van der Waals surface area contributed by atoms with Crippen LogP contribution in [0.1, 0.15) is 25.7 Å². The molecule has 0 bridgehead atoms. The van der Waals surface area contributed by atoms with Crippen molar-refractivity contribution in [2.75, 3.05) is 10.6 Å². The molecule has 1 heterocycles. The molecule has 0 saturated heterocycles. The van der Waals surface area contributed by atoms with Gasteiger partial charge >= 0.3 is 6.03 Å². The summed E-state index contributed by atoms with van der Waals surface area (Å²) in [5, 5.41) is 11.4. The van der Waals surface area contributed by atoms with Gasteiger partial charge in [-0.15, -0.1) is 0 Å². The maximum absolute atomic E-state index is 12.3. The van der Waals surface area contributed by atoms with Crippen LogP contribution in [0.15, 0.2) is 59.2 Å². The quantitative estimate of drug-likeness (QED) is 0.423. The van der Waals surface area contributed by atoms with Crippen molar-refractivity contribution in [3.63, 3.8) is 0 Å². The van der Waals surface area contributed by atoms with Crippen LogP contribution in [0.3, 0.4) is 0 Å². The van der Waals surface area contributed by atoms with Gasteiger partial charge in [0, 0.05) is 44.5 Å². The number of benzene rings is 2. The zero-order chi connectivity index (χ0) is 20.2. The molecular formula is C22H22BrClN4O. The standard InChI is InChI=1S/C22H22BrClN4O/c23-14-2-1-3-18(12-14)28-22(29)27-17-7-5-16(6-8-17)26-20-10-11-25-21-13-15(24)4-9-19(20)21/h1-4,9-13,16-17H,5-8H2,(H,25,26)(H2,27,28,29)/t16-,17+. The van der Waals surface area contributed by atoms with E-state index in [1.807, 2.05) is 48.5 Å². The Balaban J connectivity index is 1.30. The summed E-state index contributed by atoms with van der Waals surface area (Å²) in [6.07, 6.45) is 5.69. The van der Waals surface area contributed by atoms with Crippen LogP contribution >= 0.6 is 27.5 Å². The largest absolute Gasteiger partial charge is 0.382 e. The van der Waals surface area contributed by atoms with Crippen molar-refractivity contribution in [1.82, 2.24) is 10.3 Å². The van der Waals surface area contributed by atoms with Crippen LogP contribution in [0.25, 0.3) is 10.9 Å². The number of nitrogens with one attached hydrogen (secondary N) is 3. The molecule has 0 aliphatic heterocycles. The van der Waals surface area contributed by atoms with E-state index in [1.54, 1.807) is 6.20 Å². The van der Waals surface area contributed by atoms with E-state index >= 15 is 0 Å². The predicted octanol–water partition coefficient (Wildman–Crippen LogP) is 6.20. The molecule has 1 saturated carbocycles. The van der Waals surface area contributed by atoms with Gasteiger partial charge < -0.3 is 16.0 Å². The Labute approximate surface area is 183 Å². The summed E-state index contributed by atoms with van der Waals surface area (Å²) < 4.78 is 0.938. The maximum Gasteiger partial charge on any atom is 0.319 e. The van der Waals surface area contributed by atoms with E-state index in [9.17, 15) is 4.79 Å². The number of carbonyl (C=O) groups is 1. The van der Waals surface area contributed by atoms with Gasteiger partial charge in [-0.05, 0) is 68.1 Å². The summed E-state index contributed by atoms with van der Waals surface area (Å²) in [5.41, 5.74) is 2.74. The highest BCUT2D eigenvalue weighted by Gasteiger charge is 2.23. The molecule has 0 radical (unpaired) electrons. The highest BCUT2D eigenvalue weighted by Crippen LogP contribution is 2.28. The third-order valence-electron chi connectivity index (χ3n) is 5.21. The Morgan fingerprint density at radius 2 is 1.83 bits per heavy atom. The van der Waals surface area contributed by atoms with Crippen molar-refractivity contribution in [2.24, 2.45) is 0 Å². The van der Waals surface area contributed by atoms with Crippen LogP contribution in [0.5, 0.6) is 0 Å². The van der Waals surface area contributed by atoms with Gasteiger partial charge in [-0.3, -0.25) is 4.98 Å². The second-order valence-corrected chi connectivity index (χ2v) is 8.67. The molecule has 0 spiro atoms. The molecule has 1 aliphatic rings. The fourth-order valence-corrected chi connectivity index (χ4v) is 4.33. The topological polar surface area (TPSA) is 66.1 Å². The zero-order valence-corrected chi connectivity index (χ0v) is 18.1. The SMILES string of the molecule is O=C(Nc1cccc(Br)c1)N[C@H]1CC[C@@H](Nc2ccnc3cc(Cl)ccc23)CC1. The minimum absolute atomic E-state index is 0.156. The first kappa shape index (κ1) is 20.0. The Hall–Kier alpha value is -2.31. The van der Waals surface area contributed by atoms with E-state index in [4.69, 9.17) is 11.6 Å².